The van der Waals surface area contributed by atoms with Crippen molar-refractivity contribution >= 4 is 28.0 Å². The number of hydrogen-bond donors (Lipinski definition) is 2. The lowest BCUT2D eigenvalue weighted by Gasteiger charge is -2.25. The molecule has 0 amide bonds. The van der Waals surface area contributed by atoms with Gasteiger partial charge in [0, 0.05) is 24.0 Å². The molecule has 30 heavy (non-hydrogen) atoms. The Bertz CT molecular complexity index is 1160. The number of rotatable bonds is 5. The van der Waals surface area contributed by atoms with Gasteiger partial charge in [0.15, 0.2) is 11.5 Å². The van der Waals surface area contributed by atoms with Gasteiger partial charge in [0.05, 0.1) is 29.0 Å². The first-order chi connectivity index (χ1) is 14.6. The van der Waals surface area contributed by atoms with Gasteiger partial charge in [-0.15, -0.1) is 0 Å². The molecule has 8 nitrogen and oxygen atoms in total. The normalized spacial score (nSPS) is 15.2. The summed E-state index contributed by atoms with van der Waals surface area (Å²) in [4.78, 5) is 11.9. The molecule has 1 fully saturated rings. The van der Waals surface area contributed by atoms with Crippen molar-refractivity contribution in [3.63, 3.8) is 0 Å². The molecule has 0 bridgehead atoms. The number of aromatic amines is 1. The van der Waals surface area contributed by atoms with Crippen molar-refractivity contribution in [2.24, 2.45) is 0 Å². The van der Waals surface area contributed by atoms with Crippen LogP contribution in [0.4, 0.5) is 10.8 Å². The van der Waals surface area contributed by atoms with Crippen LogP contribution in [0, 0.1) is 20.8 Å². The fourth-order valence-electron chi connectivity index (χ4n) is 4.21. The van der Waals surface area contributed by atoms with E-state index in [1.54, 1.807) is 0 Å². The van der Waals surface area contributed by atoms with Crippen molar-refractivity contribution in [2.45, 2.75) is 46.6 Å². The van der Waals surface area contributed by atoms with E-state index in [9.17, 15) is 0 Å². The third-order valence-corrected chi connectivity index (χ3v) is 6.37. The lowest BCUT2D eigenvalue weighted by atomic mass is 10.1. The predicted molar refractivity (Wildman–Crippen MR) is 119 cm³/mol. The van der Waals surface area contributed by atoms with Crippen LogP contribution in [0.3, 0.4) is 0 Å². The van der Waals surface area contributed by atoms with E-state index in [0.29, 0.717) is 0 Å². The van der Waals surface area contributed by atoms with Gasteiger partial charge in [-0.2, -0.15) is 9.47 Å². The van der Waals surface area contributed by atoms with Gasteiger partial charge in [-0.3, -0.25) is 14.4 Å². The second kappa shape index (κ2) is 7.81. The van der Waals surface area contributed by atoms with Crippen LogP contribution in [0.25, 0.3) is 16.9 Å². The van der Waals surface area contributed by atoms with Gasteiger partial charge in [0.2, 0.25) is 0 Å². The topological polar surface area (TPSA) is 87.0 Å². The van der Waals surface area contributed by atoms with Crippen molar-refractivity contribution in [1.29, 1.82) is 0 Å². The molecule has 4 aromatic rings. The summed E-state index contributed by atoms with van der Waals surface area (Å²) in [5, 5.41) is 11.8. The van der Waals surface area contributed by atoms with E-state index in [4.69, 9.17) is 4.98 Å². The number of nitrogens with zero attached hydrogens (tertiary/aromatic N) is 6. The van der Waals surface area contributed by atoms with Crippen molar-refractivity contribution in [3.05, 3.63) is 41.2 Å². The number of anilines is 2. The Morgan fingerprint density at radius 2 is 2.00 bits per heavy atom. The maximum absolute atomic E-state index is 4.71. The van der Waals surface area contributed by atoms with E-state index >= 15 is 0 Å². The molecule has 0 aliphatic carbocycles. The molecule has 0 radical (unpaired) electrons. The predicted octanol–water partition coefficient (Wildman–Crippen LogP) is 4.23. The Kier molecular flexibility index (Phi) is 5.00. The average molecular weight is 423 g/mol. The zero-order valence-electron chi connectivity index (χ0n) is 17.6. The summed E-state index contributed by atoms with van der Waals surface area (Å²) in [6, 6.07) is 2.13. The van der Waals surface area contributed by atoms with Gasteiger partial charge in [0.25, 0.3) is 0 Å². The third-order valence-electron chi connectivity index (χ3n) is 5.63. The SMILES string of the molecule is Cc1cn2c(-c3c(C)n[nH]c3C)cnc2c(Nc2cc(CN3CCCCC3)ns2)n1. The molecule has 0 unspecified atom stereocenters. The van der Waals surface area contributed by atoms with Crippen LogP contribution in [-0.2, 0) is 6.54 Å². The van der Waals surface area contributed by atoms with Gasteiger partial charge < -0.3 is 5.32 Å². The number of H-pyrrole nitrogens is 1. The lowest BCUT2D eigenvalue weighted by Crippen LogP contribution is -2.29. The highest BCUT2D eigenvalue weighted by Crippen LogP contribution is 2.30. The number of nitrogens with one attached hydrogen (secondary N) is 2. The average Bonchev–Trinajstić information content (AvgIpc) is 3.42. The molecule has 0 atom stereocenters. The van der Waals surface area contributed by atoms with Gasteiger partial charge in [-0.1, -0.05) is 6.42 Å². The number of hydrogen-bond acceptors (Lipinski definition) is 7. The first kappa shape index (κ1) is 19.2. The Balaban J connectivity index is 1.44. The number of imidazole rings is 1. The monoisotopic (exact) mass is 422 g/mol. The molecule has 2 N–H and O–H groups in total. The molecule has 1 saturated heterocycles. The molecule has 0 saturated carbocycles. The molecular weight excluding hydrogens is 396 g/mol. The van der Waals surface area contributed by atoms with E-state index < -0.39 is 0 Å². The third kappa shape index (κ3) is 3.59. The van der Waals surface area contributed by atoms with Crippen LogP contribution in [0.2, 0.25) is 0 Å². The molecule has 1 aliphatic heterocycles. The van der Waals surface area contributed by atoms with Crippen LogP contribution < -0.4 is 5.32 Å². The molecular formula is C21H26N8S. The van der Waals surface area contributed by atoms with Crippen molar-refractivity contribution in [1.82, 2.24) is 33.8 Å². The van der Waals surface area contributed by atoms with Gasteiger partial charge >= 0.3 is 0 Å². The van der Waals surface area contributed by atoms with Crippen molar-refractivity contribution in [3.8, 4) is 11.3 Å². The summed E-state index contributed by atoms with van der Waals surface area (Å²) in [7, 11) is 0. The van der Waals surface area contributed by atoms with E-state index in [1.807, 2.05) is 33.2 Å². The summed E-state index contributed by atoms with van der Waals surface area (Å²) in [6.07, 6.45) is 7.83. The first-order valence-corrected chi connectivity index (χ1v) is 11.2. The largest absolute Gasteiger partial charge is 0.328 e. The van der Waals surface area contributed by atoms with E-state index in [1.165, 1.54) is 43.9 Å². The van der Waals surface area contributed by atoms with E-state index in [0.717, 1.165) is 57.0 Å². The van der Waals surface area contributed by atoms with Crippen LogP contribution in [0.15, 0.2) is 18.5 Å². The summed E-state index contributed by atoms with van der Waals surface area (Å²) < 4.78 is 6.74. The fraction of sp³-hybridized carbons (Fsp3) is 0.429. The summed E-state index contributed by atoms with van der Waals surface area (Å²) in [5.74, 6) is 0.744. The number of fused-ring (bicyclic) bond motifs is 1. The van der Waals surface area contributed by atoms with Gasteiger partial charge in [-0.25, -0.2) is 9.97 Å². The van der Waals surface area contributed by atoms with Crippen LogP contribution >= 0.6 is 11.5 Å². The second-order valence-electron chi connectivity index (χ2n) is 8.02. The number of likely N-dealkylation sites (tertiary alicyclic amines) is 1. The van der Waals surface area contributed by atoms with Crippen LogP contribution in [0.5, 0.6) is 0 Å². The Labute approximate surface area is 179 Å². The van der Waals surface area contributed by atoms with Crippen LogP contribution in [0.1, 0.15) is 42.0 Å². The molecule has 4 aromatic heterocycles. The minimum Gasteiger partial charge on any atom is -0.328 e. The molecule has 0 aromatic carbocycles. The van der Waals surface area contributed by atoms with Gasteiger partial charge in [0.1, 0.15) is 5.00 Å². The Morgan fingerprint density at radius 1 is 1.17 bits per heavy atom. The second-order valence-corrected chi connectivity index (χ2v) is 8.83. The van der Waals surface area contributed by atoms with Crippen molar-refractivity contribution < 1.29 is 0 Å². The quantitative estimate of drug-likeness (QED) is 0.500. The number of aryl methyl sites for hydroxylation is 3. The molecule has 5 rings (SSSR count). The van der Waals surface area contributed by atoms with Crippen LogP contribution in [-0.4, -0.2) is 46.9 Å². The minimum atomic E-state index is 0.744. The standard InChI is InChI=1S/C21H26N8S/c1-13-11-29-17(19-14(2)25-26-15(19)3)10-22-21(29)20(23-13)24-18-9-16(27-30-18)12-28-7-5-4-6-8-28/h9-11H,4-8,12H2,1-3H3,(H,23,24)(H,25,26). The summed E-state index contributed by atoms with van der Waals surface area (Å²) >= 11 is 1.48. The fourth-order valence-corrected chi connectivity index (χ4v) is 4.87. The lowest BCUT2D eigenvalue weighted by molar-refractivity contribution is 0.219. The molecule has 1 aliphatic rings. The molecule has 5 heterocycles. The maximum atomic E-state index is 4.71. The van der Waals surface area contributed by atoms with E-state index in [-0.39, 0.29) is 0 Å². The molecule has 156 valence electrons. The van der Waals surface area contributed by atoms with E-state index in [2.05, 4.69) is 40.2 Å². The Hall–Kier alpha value is -2.78. The molecule has 9 heteroatoms. The number of piperidine rings is 1. The van der Waals surface area contributed by atoms with Gasteiger partial charge in [-0.05, 0) is 64.3 Å². The maximum Gasteiger partial charge on any atom is 0.180 e. The minimum absolute atomic E-state index is 0.744. The smallest absolute Gasteiger partial charge is 0.180 e. The highest BCUT2D eigenvalue weighted by Gasteiger charge is 2.18. The highest BCUT2D eigenvalue weighted by molar-refractivity contribution is 7.10. The highest BCUT2D eigenvalue weighted by atomic mass is 32.1. The van der Waals surface area contributed by atoms with Crippen molar-refractivity contribution in [2.75, 3.05) is 18.4 Å². The Morgan fingerprint density at radius 3 is 2.77 bits per heavy atom. The summed E-state index contributed by atoms with van der Waals surface area (Å²) in [5.41, 5.74) is 6.91. The zero-order chi connectivity index (χ0) is 20.7. The zero-order valence-corrected chi connectivity index (χ0v) is 18.4. The number of aromatic nitrogens is 6. The summed E-state index contributed by atoms with van der Waals surface area (Å²) in [6.45, 7) is 9.29. The first-order valence-electron chi connectivity index (χ1n) is 10.4. The molecule has 0 spiro atoms.